The van der Waals surface area contributed by atoms with Gasteiger partial charge in [-0.15, -0.1) is 0 Å². The molecular weight excluding hydrogens is 220 g/mol. The van der Waals surface area contributed by atoms with Crippen molar-refractivity contribution in [3.8, 4) is 0 Å². The van der Waals surface area contributed by atoms with Crippen molar-refractivity contribution in [3.05, 3.63) is 12.7 Å². The fraction of sp³-hybridized carbons (Fsp3) is 0.625. The average Bonchev–Trinajstić information content (AvgIpc) is 1.95. The lowest BCUT2D eigenvalue weighted by Gasteiger charge is -2.28. The molecule has 0 aliphatic heterocycles. The van der Waals surface area contributed by atoms with Gasteiger partial charge in [0.15, 0.2) is 5.37 Å². The van der Waals surface area contributed by atoms with Crippen molar-refractivity contribution >= 4 is 16.0 Å². The lowest BCUT2D eigenvalue weighted by atomic mass is 9.96. The summed E-state index contributed by atoms with van der Waals surface area (Å²) in [4.78, 5) is 10.9. The molecule has 1 unspecified atom stereocenters. The summed E-state index contributed by atoms with van der Waals surface area (Å²) < 4.78 is 30.8. The summed E-state index contributed by atoms with van der Waals surface area (Å²) in [6.07, 6.45) is 0.948. The van der Waals surface area contributed by atoms with Gasteiger partial charge in [-0.2, -0.15) is 8.42 Å². The van der Waals surface area contributed by atoms with E-state index < -0.39 is 26.8 Å². The Morgan fingerprint density at radius 2 is 1.87 bits per heavy atom. The van der Waals surface area contributed by atoms with Crippen molar-refractivity contribution < 1.29 is 17.8 Å². The molecule has 90 valence electrons. The second-order valence-electron chi connectivity index (χ2n) is 3.97. The van der Waals surface area contributed by atoms with Gasteiger partial charge in [-0.05, 0) is 11.5 Å². The van der Waals surface area contributed by atoms with E-state index in [2.05, 4.69) is 11.9 Å². The summed E-state index contributed by atoms with van der Waals surface area (Å²) in [6.45, 7) is 7.97. The zero-order valence-corrected chi connectivity index (χ0v) is 9.97. The van der Waals surface area contributed by atoms with Crippen molar-refractivity contribution in [1.82, 2.24) is 11.5 Å². The van der Waals surface area contributed by atoms with Crippen LogP contribution in [0.2, 0.25) is 0 Å². The number of carbonyl (C=O) groups is 1. The molecule has 0 heterocycles. The standard InChI is InChI=1S/C8H15NO4S.H3N/c1-5-6(10)9-7(8(2,3)4)14(11,12)13;/h5,7H,1H2,2-4H3,(H,9,10)(H,11,12,13);1H3. The fourth-order valence-electron chi connectivity index (χ4n) is 0.926. The molecule has 0 aromatic heterocycles. The molecule has 0 bridgehead atoms. The van der Waals surface area contributed by atoms with Crippen molar-refractivity contribution in [2.45, 2.75) is 26.1 Å². The van der Waals surface area contributed by atoms with Gasteiger partial charge < -0.3 is 11.5 Å². The lowest BCUT2D eigenvalue weighted by molar-refractivity contribution is -0.117. The van der Waals surface area contributed by atoms with E-state index >= 15 is 0 Å². The SMILES string of the molecule is C=CC(=O)NC(C(C)(C)C)S(=O)(=O)O.N. The quantitative estimate of drug-likeness (QED) is 0.494. The van der Waals surface area contributed by atoms with Crippen LogP contribution in [0.4, 0.5) is 0 Å². The first-order valence-corrected chi connectivity index (χ1v) is 5.48. The van der Waals surface area contributed by atoms with E-state index in [1.54, 1.807) is 20.8 Å². The Labute approximate surface area is 90.1 Å². The van der Waals surface area contributed by atoms with Crippen LogP contribution >= 0.6 is 0 Å². The normalized spacial score (nSPS) is 13.6. The summed E-state index contributed by atoms with van der Waals surface area (Å²) >= 11 is 0. The molecule has 5 N–H and O–H groups in total. The third-order valence-electron chi connectivity index (χ3n) is 1.54. The minimum absolute atomic E-state index is 0. The van der Waals surface area contributed by atoms with E-state index in [4.69, 9.17) is 4.55 Å². The molecule has 0 saturated heterocycles. The van der Waals surface area contributed by atoms with E-state index in [0.29, 0.717) is 0 Å². The van der Waals surface area contributed by atoms with E-state index in [1.807, 2.05) is 0 Å². The van der Waals surface area contributed by atoms with Gasteiger partial charge in [-0.3, -0.25) is 9.35 Å². The summed E-state index contributed by atoms with van der Waals surface area (Å²) in [5, 5.41) is 0.819. The Hall–Kier alpha value is -0.920. The van der Waals surface area contributed by atoms with E-state index in [0.717, 1.165) is 6.08 Å². The van der Waals surface area contributed by atoms with E-state index in [1.165, 1.54) is 0 Å². The number of carbonyl (C=O) groups excluding carboxylic acids is 1. The van der Waals surface area contributed by atoms with Crippen LogP contribution < -0.4 is 11.5 Å². The van der Waals surface area contributed by atoms with E-state index in [-0.39, 0.29) is 6.15 Å². The third-order valence-corrected chi connectivity index (χ3v) is 2.96. The van der Waals surface area contributed by atoms with Crippen LogP contribution in [0.3, 0.4) is 0 Å². The maximum Gasteiger partial charge on any atom is 0.286 e. The predicted octanol–water partition coefficient (Wildman–Crippen LogP) is 0.711. The van der Waals surface area contributed by atoms with Crippen molar-refractivity contribution in [2.24, 2.45) is 5.41 Å². The smallest absolute Gasteiger partial charge is 0.286 e. The van der Waals surface area contributed by atoms with Gasteiger partial charge >= 0.3 is 0 Å². The first-order chi connectivity index (χ1) is 6.09. The molecule has 1 atom stereocenters. The Kier molecular flexibility index (Phi) is 5.77. The first-order valence-electron chi connectivity index (χ1n) is 3.98. The van der Waals surface area contributed by atoms with Crippen LogP contribution in [-0.2, 0) is 14.9 Å². The van der Waals surface area contributed by atoms with Gasteiger partial charge in [-0.1, -0.05) is 27.4 Å². The molecule has 0 aromatic carbocycles. The molecule has 0 radical (unpaired) electrons. The summed E-state index contributed by atoms with van der Waals surface area (Å²) in [5.41, 5.74) is -0.785. The van der Waals surface area contributed by atoms with Gasteiger partial charge in [0.05, 0.1) is 0 Å². The Balaban J connectivity index is 0. The summed E-state index contributed by atoms with van der Waals surface area (Å²) in [6, 6.07) is 0. The maximum absolute atomic E-state index is 10.9. The Morgan fingerprint density at radius 3 is 2.07 bits per heavy atom. The largest absolute Gasteiger partial charge is 0.344 e. The Morgan fingerprint density at radius 1 is 1.47 bits per heavy atom. The number of hydrogen-bond donors (Lipinski definition) is 3. The van der Waals surface area contributed by atoms with Gasteiger partial charge in [0.25, 0.3) is 10.1 Å². The molecule has 6 nitrogen and oxygen atoms in total. The van der Waals surface area contributed by atoms with Crippen molar-refractivity contribution in [1.29, 1.82) is 0 Å². The molecule has 0 aromatic rings. The topological polar surface area (TPSA) is 118 Å². The molecule has 0 fully saturated rings. The number of hydrogen-bond acceptors (Lipinski definition) is 4. The van der Waals surface area contributed by atoms with E-state index in [9.17, 15) is 13.2 Å². The summed E-state index contributed by atoms with van der Waals surface area (Å²) in [5.74, 6) is -0.637. The minimum atomic E-state index is -4.31. The monoisotopic (exact) mass is 238 g/mol. The van der Waals surface area contributed by atoms with Crippen molar-refractivity contribution in [2.75, 3.05) is 0 Å². The first kappa shape index (κ1) is 16.5. The van der Waals surface area contributed by atoms with Crippen LogP contribution in [0.5, 0.6) is 0 Å². The predicted molar refractivity (Wildman–Crippen MR) is 58.2 cm³/mol. The molecule has 0 saturated carbocycles. The maximum atomic E-state index is 10.9. The van der Waals surface area contributed by atoms with Gasteiger partial charge in [-0.25, -0.2) is 0 Å². The fourth-order valence-corrected chi connectivity index (χ4v) is 2.08. The highest BCUT2D eigenvalue weighted by Gasteiger charge is 2.35. The third kappa shape index (κ3) is 5.50. The van der Waals surface area contributed by atoms with Crippen LogP contribution in [0.15, 0.2) is 12.7 Å². The minimum Gasteiger partial charge on any atom is -0.344 e. The highest BCUT2D eigenvalue weighted by atomic mass is 32.2. The van der Waals surface area contributed by atoms with Gasteiger partial charge in [0, 0.05) is 0 Å². The van der Waals surface area contributed by atoms with Crippen LogP contribution in [-0.4, -0.2) is 24.3 Å². The molecule has 1 amide bonds. The van der Waals surface area contributed by atoms with Crippen LogP contribution in [0.1, 0.15) is 20.8 Å². The average molecular weight is 238 g/mol. The lowest BCUT2D eigenvalue weighted by Crippen LogP contribution is -2.48. The second kappa shape index (κ2) is 5.24. The highest BCUT2D eigenvalue weighted by molar-refractivity contribution is 7.86. The van der Waals surface area contributed by atoms with Crippen LogP contribution in [0, 0.1) is 5.41 Å². The molecule has 7 heteroatoms. The zero-order chi connectivity index (χ0) is 11.6. The van der Waals surface area contributed by atoms with Crippen molar-refractivity contribution in [3.63, 3.8) is 0 Å². The molecule has 0 spiro atoms. The zero-order valence-electron chi connectivity index (χ0n) is 9.15. The van der Waals surface area contributed by atoms with Gasteiger partial charge in [0.1, 0.15) is 0 Å². The second-order valence-corrected chi connectivity index (χ2v) is 5.48. The number of nitrogens with one attached hydrogen (secondary N) is 1. The molecule has 15 heavy (non-hydrogen) atoms. The molecule has 0 rings (SSSR count). The molecule has 0 aliphatic carbocycles. The van der Waals surface area contributed by atoms with Crippen LogP contribution in [0.25, 0.3) is 0 Å². The van der Waals surface area contributed by atoms with Gasteiger partial charge in [0.2, 0.25) is 5.91 Å². The molecule has 0 aliphatic rings. The summed E-state index contributed by atoms with van der Waals surface area (Å²) in [7, 11) is -4.31. The molecular formula is C8H18N2O4S. The number of rotatable bonds is 3. The highest BCUT2D eigenvalue weighted by Crippen LogP contribution is 2.22. The number of amides is 1. The Bertz CT molecular complexity index is 329.